The van der Waals surface area contributed by atoms with E-state index in [1.165, 1.54) is 12.2 Å². The van der Waals surface area contributed by atoms with E-state index < -0.39 is 22.7 Å². The van der Waals surface area contributed by atoms with Crippen LogP contribution < -0.4 is 0 Å². The van der Waals surface area contributed by atoms with Crippen LogP contribution in [0, 0.1) is 11.8 Å². The fraction of sp³-hybridized carbons (Fsp3) is 0.111. The van der Waals surface area contributed by atoms with Gasteiger partial charge in [-0.05, 0) is 34.4 Å². The fourth-order valence-corrected chi connectivity index (χ4v) is 7.45. The summed E-state index contributed by atoms with van der Waals surface area (Å²) in [7, 11) is 0. The van der Waals surface area contributed by atoms with Crippen LogP contribution in [0.5, 0.6) is 0 Å². The average Bonchev–Trinajstić information content (AvgIpc) is 2.99. The Balaban J connectivity index is 1.60. The Hall–Kier alpha value is -4.96. The predicted octanol–water partition coefficient (Wildman–Crippen LogP) is 5.58. The molecule has 1 fully saturated rings. The Morgan fingerprint density at radius 2 is 0.700 bits per heavy atom. The molecule has 4 aromatic rings. The second kappa shape index (κ2) is 8.78. The lowest BCUT2D eigenvalue weighted by Gasteiger charge is -2.68. The van der Waals surface area contributed by atoms with E-state index in [0.29, 0.717) is 22.3 Å². The second-order valence-electron chi connectivity index (χ2n) is 10.6. The topological polar surface area (TPSA) is 68.3 Å². The molecular formula is C36H24O4. The van der Waals surface area contributed by atoms with E-state index >= 15 is 9.59 Å². The molecule has 3 aliphatic rings. The molecule has 4 heteroatoms. The molecule has 1 saturated carbocycles. The summed E-state index contributed by atoms with van der Waals surface area (Å²) >= 11 is 0. The molecule has 0 N–H and O–H groups in total. The SMILES string of the molecule is O=C1C=C(c2ccccc2)C(=O)[C@@]2(c3ccccc3)[C@@H]1[C@@H]1C(=O)C=C(c3ccccc3)C(=O)[C@@]12c1ccccc1. The van der Waals surface area contributed by atoms with Crippen LogP contribution >= 0.6 is 0 Å². The molecule has 0 aromatic heterocycles. The van der Waals surface area contributed by atoms with Crippen LogP contribution in [0.15, 0.2) is 133 Å². The number of allylic oxidation sites excluding steroid dienone is 4. The minimum absolute atomic E-state index is 0.260. The highest BCUT2D eigenvalue weighted by molar-refractivity contribution is 6.42. The predicted molar refractivity (Wildman–Crippen MR) is 152 cm³/mol. The standard InChI is InChI=1S/C36H24O4/c37-29-21-27(23-13-5-1-6-14-23)33(39)35(25-17-9-3-10-18-25)31(29)32-30(38)22-28(24-15-7-2-8-16-24)34(40)36(32,35)26-19-11-4-12-20-26/h1-22,31-32H/t31-,32-,35+,36+/m0/s1. The van der Waals surface area contributed by atoms with Crippen LogP contribution in [-0.2, 0) is 30.0 Å². The first-order chi connectivity index (χ1) is 19.5. The monoisotopic (exact) mass is 520 g/mol. The van der Waals surface area contributed by atoms with Gasteiger partial charge in [0.15, 0.2) is 23.1 Å². The van der Waals surface area contributed by atoms with Gasteiger partial charge in [0.2, 0.25) is 0 Å². The van der Waals surface area contributed by atoms with Crippen molar-refractivity contribution in [3.63, 3.8) is 0 Å². The van der Waals surface area contributed by atoms with Gasteiger partial charge in [-0.1, -0.05) is 121 Å². The molecule has 192 valence electrons. The number of carbonyl (C=O) groups is 4. The third-order valence-corrected chi connectivity index (χ3v) is 8.91. The molecule has 40 heavy (non-hydrogen) atoms. The van der Waals surface area contributed by atoms with Crippen molar-refractivity contribution in [1.82, 2.24) is 0 Å². The Morgan fingerprint density at radius 1 is 0.400 bits per heavy atom. The molecule has 0 aliphatic heterocycles. The summed E-state index contributed by atoms with van der Waals surface area (Å²) in [5, 5.41) is 0. The van der Waals surface area contributed by atoms with Gasteiger partial charge in [0.1, 0.15) is 0 Å². The molecule has 4 nitrogen and oxygen atoms in total. The lowest BCUT2D eigenvalue weighted by molar-refractivity contribution is -0.170. The van der Waals surface area contributed by atoms with Crippen LogP contribution in [-0.4, -0.2) is 23.1 Å². The first kappa shape index (κ1) is 24.1. The summed E-state index contributed by atoms with van der Waals surface area (Å²) in [5.41, 5.74) is -0.335. The van der Waals surface area contributed by atoms with E-state index in [4.69, 9.17) is 0 Å². The molecule has 0 radical (unpaired) electrons. The van der Waals surface area contributed by atoms with E-state index in [-0.39, 0.29) is 34.3 Å². The Labute approximate surface area is 231 Å². The number of rotatable bonds is 4. The molecule has 3 aliphatic carbocycles. The van der Waals surface area contributed by atoms with Crippen LogP contribution in [0.3, 0.4) is 0 Å². The molecule has 4 atom stereocenters. The Bertz CT molecular complexity index is 1620. The summed E-state index contributed by atoms with van der Waals surface area (Å²) in [6.07, 6.45) is 2.76. The van der Waals surface area contributed by atoms with Gasteiger partial charge in [0, 0.05) is 11.1 Å². The Morgan fingerprint density at radius 3 is 1.02 bits per heavy atom. The highest BCUT2D eigenvalue weighted by Gasteiger charge is 2.83. The molecule has 0 bridgehead atoms. The maximum absolute atomic E-state index is 15.1. The highest BCUT2D eigenvalue weighted by atomic mass is 16.2. The number of hydrogen-bond donors (Lipinski definition) is 0. The maximum Gasteiger partial charge on any atom is 0.176 e. The Kier molecular flexibility index (Phi) is 5.29. The largest absolute Gasteiger partial charge is 0.294 e. The number of hydrogen-bond acceptors (Lipinski definition) is 4. The molecule has 0 amide bonds. The van der Waals surface area contributed by atoms with Gasteiger partial charge in [-0.3, -0.25) is 19.2 Å². The van der Waals surface area contributed by atoms with Gasteiger partial charge < -0.3 is 0 Å². The number of carbonyl (C=O) groups excluding carboxylic acids is 4. The van der Waals surface area contributed by atoms with Gasteiger partial charge in [-0.25, -0.2) is 0 Å². The van der Waals surface area contributed by atoms with Gasteiger partial charge in [0.05, 0.1) is 22.7 Å². The first-order valence-corrected chi connectivity index (χ1v) is 13.4. The van der Waals surface area contributed by atoms with Gasteiger partial charge in [-0.15, -0.1) is 0 Å². The van der Waals surface area contributed by atoms with Crippen LogP contribution in [0.4, 0.5) is 0 Å². The van der Waals surface area contributed by atoms with Gasteiger partial charge in [-0.2, -0.15) is 0 Å². The zero-order valence-electron chi connectivity index (χ0n) is 21.5. The summed E-state index contributed by atoms with van der Waals surface area (Å²) in [6.45, 7) is 0. The van der Waals surface area contributed by atoms with Crippen molar-refractivity contribution in [2.24, 2.45) is 11.8 Å². The van der Waals surface area contributed by atoms with Gasteiger partial charge in [0.25, 0.3) is 0 Å². The summed E-state index contributed by atoms with van der Waals surface area (Å²) in [5.74, 6) is -3.25. The van der Waals surface area contributed by atoms with Crippen molar-refractivity contribution in [2.75, 3.05) is 0 Å². The van der Waals surface area contributed by atoms with E-state index in [1.54, 1.807) is 24.3 Å². The lowest BCUT2D eigenvalue weighted by Crippen LogP contribution is -2.81. The maximum atomic E-state index is 15.1. The average molecular weight is 521 g/mol. The van der Waals surface area contributed by atoms with Crippen LogP contribution in [0.1, 0.15) is 22.3 Å². The zero-order chi connectivity index (χ0) is 27.5. The van der Waals surface area contributed by atoms with E-state index in [0.717, 1.165) is 0 Å². The van der Waals surface area contributed by atoms with Crippen molar-refractivity contribution in [1.29, 1.82) is 0 Å². The molecule has 7 rings (SSSR count). The number of Topliss-reactive ketones (excluding diaryl/α,β-unsaturated/α-hetero) is 2. The summed E-state index contributed by atoms with van der Waals surface area (Å²) in [6, 6.07) is 36.3. The summed E-state index contributed by atoms with van der Waals surface area (Å²) in [4.78, 5) is 58.3. The van der Waals surface area contributed by atoms with Crippen molar-refractivity contribution < 1.29 is 19.2 Å². The fourth-order valence-electron chi connectivity index (χ4n) is 7.45. The molecule has 4 aromatic carbocycles. The van der Waals surface area contributed by atoms with Crippen molar-refractivity contribution in [3.8, 4) is 0 Å². The molecular weight excluding hydrogens is 496 g/mol. The third-order valence-electron chi connectivity index (χ3n) is 8.91. The minimum Gasteiger partial charge on any atom is -0.294 e. The second-order valence-corrected chi connectivity index (χ2v) is 10.6. The first-order valence-electron chi connectivity index (χ1n) is 13.4. The van der Waals surface area contributed by atoms with Crippen LogP contribution in [0.25, 0.3) is 11.1 Å². The quantitative estimate of drug-likeness (QED) is 0.352. The summed E-state index contributed by atoms with van der Waals surface area (Å²) < 4.78 is 0. The van der Waals surface area contributed by atoms with E-state index in [1.807, 2.05) is 97.1 Å². The lowest BCUT2D eigenvalue weighted by atomic mass is 9.28. The molecule has 0 saturated heterocycles. The van der Waals surface area contributed by atoms with Crippen molar-refractivity contribution in [3.05, 3.63) is 156 Å². The highest BCUT2D eigenvalue weighted by Crippen LogP contribution is 2.71. The number of fused-ring (bicyclic) bond motifs is 4. The van der Waals surface area contributed by atoms with Crippen LogP contribution in [0.2, 0.25) is 0 Å². The normalized spacial score (nSPS) is 27.2. The van der Waals surface area contributed by atoms with Crippen molar-refractivity contribution >= 4 is 34.3 Å². The number of ketones is 4. The molecule has 0 unspecified atom stereocenters. The smallest absolute Gasteiger partial charge is 0.176 e. The minimum atomic E-state index is -1.60. The third kappa shape index (κ3) is 2.91. The molecule has 0 spiro atoms. The van der Waals surface area contributed by atoms with E-state index in [9.17, 15) is 9.59 Å². The van der Waals surface area contributed by atoms with Gasteiger partial charge >= 0.3 is 0 Å². The van der Waals surface area contributed by atoms with E-state index in [2.05, 4.69) is 0 Å². The van der Waals surface area contributed by atoms with Crippen molar-refractivity contribution in [2.45, 2.75) is 10.8 Å². The number of benzene rings is 4. The molecule has 0 heterocycles. The zero-order valence-corrected chi connectivity index (χ0v) is 21.5.